The zero-order valence-electron chi connectivity index (χ0n) is 18.8. The lowest BCUT2D eigenvalue weighted by Crippen LogP contribution is -2.44. The summed E-state index contributed by atoms with van der Waals surface area (Å²) in [7, 11) is 1.37. The molecule has 1 saturated heterocycles. The number of alkyl halides is 2. The maximum atomic E-state index is 15.0. The second-order valence-electron chi connectivity index (χ2n) is 8.00. The summed E-state index contributed by atoms with van der Waals surface area (Å²) < 4.78 is 46.4. The molecular formula is C24H20ClF3N4O4. The molecule has 1 aromatic heterocycles. The number of ether oxygens (including phenoxy) is 1. The van der Waals surface area contributed by atoms with Gasteiger partial charge in [0.15, 0.2) is 0 Å². The van der Waals surface area contributed by atoms with Crippen molar-refractivity contribution in [3.63, 3.8) is 0 Å². The quantitative estimate of drug-likeness (QED) is 0.516. The largest absolute Gasteiger partial charge is 0.497 e. The van der Waals surface area contributed by atoms with Crippen LogP contribution in [0.2, 0.25) is 5.02 Å². The average molecular weight is 521 g/mol. The fourth-order valence-electron chi connectivity index (χ4n) is 4.06. The number of aromatic nitrogens is 2. The van der Waals surface area contributed by atoms with E-state index in [1.165, 1.54) is 49.6 Å². The molecule has 0 bridgehead atoms. The molecule has 2 atom stereocenters. The molecule has 2 aromatic carbocycles. The number of nitrogens with one attached hydrogen (secondary N) is 1. The van der Waals surface area contributed by atoms with Crippen LogP contribution in [0.4, 0.5) is 18.9 Å². The molecule has 0 saturated carbocycles. The van der Waals surface area contributed by atoms with Crippen molar-refractivity contribution in [2.24, 2.45) is 0 Å². The summed E-state index contributed by atoms with van der Waals surface area (Å²) in [5, 5.41) is 6.66. The van der Waals surface area contributed by atoms with Gasteiger partial charge in [-0.3, -0.25) is 14.4 Å². The molecular weight excluding hydrogens is 501 g/mol. The molecule has 0 unspecified atom stereocenters. The van der Waals surface area contributed by atoms with Crippen molar-refractivity contribution >= 4 is 29.1 Å². The number of hydrogen-bond donors (Lipinski definition) is 1. The Bertz CT molecular complexity index is 1350. The van der Waals surface area contributed by atoms with E-state index in [4.69, 9.17) is 16.3 Å². The fraction of sp³-hybridized carbons (Fsp3) is 0.250. The molecule has 1 N–H and O–H groups in total. The van der Waals surface area contributed by atoms with Gasteiger partial charge in [-0.2, -0.15) is 5.10 Å². The standard InChI is InChI=1S/C24H20ClF3N4O4/c1-36-15-6-7-16(18(26)10-15)17-11-31(19-8-9-29-32(23(19)34)12-20(27)28)24(35)21(17)30-22(33)13-2-4-14(25)5-3-13/h2-10,17,20-21H,11-12H2,1H3,(H,30,33)/t17-,21-/m0/s1. The minimum Gasteiger partial charge on any atom is -0.497 e. The SMILES string of the molecule is COc1ccc([C@@H]2CN(c3ccnn(CC(F)F)c3=O)C(=O)[C@H]2NC(=O)c2ccc(Cl)cc2)c(F)c1. The number of methoxy groups -OCH3 is 1. The van der Waals surface area contributed by atoms with Gasteiger partial charge in [0.1, 0.15) is 29.8 Å². The Hall–Kier alpha value is -3.86. The van der Waals surface area contributed by atoms with Gasteiger partial charge in [0.2, 0.25) is 5.91 Å². The molecule has 1 aliphatic rings. The molecule has 2 amide bonds. The van der Waals surface area contributed by atoms with Gasteiger partial charge < -0.3 is 15.0 Å². The molecule has 0 radical (unpaired) electrons. The smallest absolute Gasteiger partial charge is 0.290 e. The predicted molar refractivity (Wildman–Crippen MR) is 125 cm³/mol. The molecule has 12 heteroatoms. The van der Waals surface area contributed by atoms with Gasteiger partial charge in [0.25, 0.3) is 17.9 Å². The normalized spacial score (nSPS) is 17.5. The lowest BCUT2D eigenvalue weighted by molar-refractivity contribution is -0.118. The van der Waals surface area contributed by atoms with Crippen LogP contribution in [0.15, 0.2) is 59.5 Å². The van der Waals surface area contributed by atoms with E-state index in [0.29, 0.717) is 9.70 Å². The van der Waals surface area contributed by atoms with Crippen molar-refractivity contribution in [1.29, 1.82) is 0 Å². The summed E-state index contributed by atoms with van der Waals surface area (Å²) in [4.78, 5) is 40.2. The number of hydrogen-bond acceptors (Lipinski definition) is 5. The van der Waals surface area contributed by atoms with E-state index in [1.54, 1.807) is 0 Å². The van der Waals surface area contributed by atoms with Crippen LogP contribution in [0, 0.1) is 5.82 Å². The minimum absolute atomic E-state index is 0.106. The zero-order valence-corrected chi connectivity index (χ0v) is 19.6. The Balaban J connectivity index is 1.73. The Labute approximate surface area is 208 Å². The third-order valence-corrected chi connectivity index (χ3v) is 6.06. The van der Waals surface area contributed by atoms with Crippen molar-refractivity contribution in [1.82, 2.24) is 15.1 Å². The van der Waals surface area contributed by atoms with Gasteiger partial charge in [-0.1, -0.05) is 17.7 Å². The third-order valence-electron chi connectivity index (χ3n) is 5.81. The number of nitrogens with zero attached hydrogens (tertiary/aromatic N) is 3. The van der Waals surface area contributed by atoms with E-state index in [1.807, 2.05) is 0 Å². The van der Waals surface area contributed by atoms with Crippen molar-refractivity contribution in [2.75, 3.05) is 18.6 Å². The first-order chi connectivity index (χ1) is 17.2. The Morgan fingerprint density at radius 1 is 1.19 bits per heavy atom. The fourth-order valence-corrected chi connectivity index (χ4v) is 4.18. The molecule has 8 nitrogen and oxygen atoms in total. The van der Waals surface area contributed by atoms with Crippen LogP contribution in [0.5, 0.6) is 5.75 Å². The van der Waals surface area contributed by atoms with Gasteiger partial charge in [-0.25, -0.2) is 17.9 Å². The summed E-state index contributed by atoms with van der Waals surface area (Å²) in [5.41, 5.74) is -0.805. The highest BCUT2D eigenvalue weighted by Crippen LogP contribution is 2.34. The second kappa shape index (κ2) is 10.4. The number of benzene rings is 2. The Kier molecular flexibility index (Phi) is 7.30. The first kappa shape index (κ1) is 25.2. The van der Waals surface area contributed by atoms with E-state index >= 15 is 4.39 Å². The van der Waals surface area contributed by atoms with Crippen LogP contribution < -0.4 is 20.5 Å². The van der Waals surface area contributed by atoms with Crippen molar-refractivity contribution < 1.29 is 27.5 Å². The van der Waals surface area contributed by atoms with Crippen LogP contribution in [0.25, 0.3) is 0 Å². The van der Waals surface area contributed by atoms with Gasteiger partial charge in [-0.15, -0.1) is 0 Å². The van der Waals surface area contributed by atoms with E-state index in [9.17, 15) is 23.2 Å². The molecule has 0 spiro atoms. The van der Waals surface area contributed by atoms with E-state index in [2.05, 4.69) is 10.4 Å². The first-order valence-electron chi connectivity index (χ1n) is 10.7. The number of anilines is 1. The van der Waals surface area contributed by atoms with Crippen LogP contribution in [-0.4, -0.2) is 47.7 Å². The number of carbonyl (C=O) groups excluding carboxylic acids is 2. The lowest BCUT2D eigenvalue weighted by atomic mass is 9.93. The average Bonchev–Trinajstić information content (AvgIpc) is 3.16. The van der Waals surface area contributed by atoms with E-state index in [0.717, 1.165) is 17.2 Å². The van der Waals surface area contributed by atoms with Gasteiger partial charge in [-0.05, 0) is 42.0 Å². The molecule has 0 aliphatic carbocycles. The highest BCUT2D eigenvalue weighted by Gasteiger charge is 2.44. The predicted octanol–water partition coefficient (Wildman–Crippen LogP) is 3.24. The number of amides is 2. The number of halogens is 4. The Morgan fingerprint density at radius 2 is 1.92 bits per heavy atom. The van der Waals surface area contributed by atoms with Crippen molar-refractivity contribution in [3.05, 3.63) is 87.0 Å². The Morgan fingerprint density at radius 3 is 2.56 bits per heavy atom. The molecule has 1 fully saturated rings. The van der Waals surface area contributed by atoms with Crippen molar-refractivity contribution in [2.45, 2.75) is 24.9 Å². The van der Waals surface area contributed by atoms with Gasteiger partial charge >= 0.3 is 0 Å². The number of carbonyl (C=O) groups is 2. The maximum Gasteiger partial charge on any atom is 0.290 e. The highest BCUT2D eigenvalue weighted by molar-refractivity contribution is 6.30. The molecule has 1 aliphatic heterocycles. The number of rotatable bonds is 7. The summed E-state index contributed by atoms with van der Waals surface area (Å²) in [5.74, 6) is -2.65. The van der Waals surface area contributed by atoms with Crippen LogP contribution in [0.3, 0.4) is 0 Å². The lowest BCUT2D eigenvalue weighted by Gasteiger charge is -2.19. The maximum absolute atomic E-state index is 15.0. The van der Waals surface area contributed by atoms with Crippen LogP contribution >= 0.6 is 11.6 Å². The first-order valence-corrected chi connectivity index (χ1v) is 11.1. The molecule has 36 heavy (non-hydrogen) atoms. The highest BCUT2D eigenvalue weighted by atomic mass is 35.5. The molecule has 2 heterocycles. The molecule has 3 aromatic rings. The second-order valence-corrected chi connectivity index (χ2v) is 8.43. The molecule has 4 rings (SSSR count). The van der Waals surface area contributed by atoms with Crippen LogP contribution in [-0.2, 0) is 11.3 Å². The van der Waals surface area contributed by atoms with Crippen molar-refractivity contribution in [3.8, 4) is 5.75 Å². The van der Waals surface area contributed by atoms with Crippen LogP contribution in [0.1, 0.15) is 21.8 Å². The summed E-state index contributed by atoms with van der Waals surface area (Å²) in [6, 6.07) is 9.96. The summed E-state index contributed by atoms with van der Waals surface area (Å²) in [6.07, 6.45) is -1.72. The third kappa shape index (κ3) is 5.06. The van der Waals surface area contributed by atoms with Gasteiger partial charge in [0.05, 0.1) is 7.11 Å². The topological polar surface area (TPSA) is 93.5 Å². The minimum atomic E-state index is -2.84. The van der Waals surface area contributed by atoms with E-state index in [-0.39, 0.29) is 29.1 Å². The molecule has 188 valence electrons. The monoisotopic (exact) mass is 520 g/mol. The van der Waals surface area contributed by atoms with Gasteiger partial charge in [0, 0.05) is 35.3 Å². The van der Waals surface area contributed by atoms with E-state index < -0.39 is 48.1 Å². The summed E-state index contributed by atoms with van der Waals surface area (Å²) >= 11 is 5.87. The summed E-state index contributed by atoms with van der Waals surface area (Å²) in [6.45, 7) is -1.15. The zero-order chi connectivity index (χ0) is 26.0.